The molecule has 0 heterocycles. The van der Waals surface area contributed by atoms with Crippen molar-refractivity contribution >= 4 is 0 Å². The lowest BCUT2D eigenvalue weighted by atomic mass is 9.84. The highest BCUT2D eigenvalue weighted by atomic mass is 16.5. The van der Waals surface area contributed by atoms with Gasteiger partial charge in [-0.05, 0) is 36.5 Å². The van der Waals surface area contributed by atoms with Crippen LogP contribution in [0.5, 0.6) is 5.75 Å². The summed E-state index contributed by atoms with van der Waals surface area (Å²) in [6, 6.07) is 10.7. The number of nitrogens with zero attached hydrogens (tertiary/aromatic N) is 1. The Hall–Kier alpha value is -1.53. The van der Waals surface area contributed by atoms with E-state index in [-0.39, 0.29) is 6.61 Å². The molecule has 0 bridgehead atoms. The maximum atomic E-state index is 8.47. The van der Waals surface area contributed by atoms with Crippen LogP contribution in [0, 0.1) is 17.2 Å². The Bertz CT molecular complexity index is 435. The van der Waals surface area contributed by atoms with Crippen LogP contribution in [0.15, 0.2) is 24.3 Å². The molecule has 0 amide bonds. The zero-order chi connectivity index (χ0) is 14.2. The number of nitriles is 1. The molecule has 1 aromatic carbocycles. The van der Waals surface area contributed by atoms with Crippen LogP contribution in [0.3, 0.4) is 0 Å². The number of ether oxygens (including phenoxy) is 1. The number of hydrogen-bond acceptors (Lipinski definition) is 3. The molecule has 1 aromatic rings. The third-order valence-corrected chi connectivity index (χ3v) is 4.18. The van der Waals surface area contributed by atoms with Gasteiger partial charge in [0.25, 0.3) is 0 Å². The van der Waals surface area contributed by atoms with Gasteiger partial charge in [-0.3, -0.25) is 0 Å². The zero-order valence-corrected chi connectivity index (χ0v) is 12.3. The normalized spacial score (nSPS) is 22.2. The third kappa shape index (κ3) is 4.54. The molecule has 0 aliphatic heterocycles. The van der Waals surface area contributed by atoms with E-state index in [4.69, 9.17) is 10.00 Å². The molecule has 0 spiro atoms. The molecule has 20 heavy (non-hydrogen) atoms. The van der Waals surface area contributed by atoms with Crippen molar-refractivity contribution in [3.63, 3.8) is 0 Å². The predicted octanol–water partition coefficient (Wildman–Crippen LogP) is 3.65. The van der Waals surface area contributed by atoms with E-state index in [0.29, 0.717) is 6.04 Å². The molecule has 0 aromatic heterocycles. The Morgan fingerprint density at radius 3 is 2.80 bits per heavy atom. The van der Waals surface area contributed by atoms with Crippen LogP contribution in [0.4, 0.5) is 0 Å². The first-order chi connectivity index (χ1) is 9.81. The van der Waals surface area contributed by atoms with Gasteiger partial charge >= 0.3 is 0 Å². The second kappa shape index (κ2) is 7.91. The molecule has 3 nitrogen and oxygen atoms in total. The van der Waals surface area contributed by atoms with Crippen molar-refractivity contribution in [2.24, 2.45) is 5.92 Å². The summed E-state index contributed by atoms with van der Waals surface area (Å²) in [6.45, 7) is 3.32. The lowest BCUT2D eigenvalue weighted by Gasteiger charge is -2.29. The van der Waals surface area contributed by atoms with E-state index in [0.717, 1.165) is 18.2 Å². The van der Waals surface area contributed by atoms with E-state index in [1.165, 1.54) is 37.7 Å². The smallest absolute Gasteiger partial charge is 0.174 e. The highest BCUT2D eigenvalue weighted by Gasteiger charge is 2.19. The molecule has 1 aliphatic carbocycles. The lowest BCUT2D eigenvalue weighted by molar-refractivity contribution is 0.278. The first-order valence-electron chi connectivity index (χ1n) is 7.64. The molecule has 2 atom stereocenters. The van der Waals surface area contributed by atoms with Crippen LogP contribution >= 0.6 is 0 Å². The molecule has 1 saturated carbocycles. The molecule has 1 N–H and O–H groups in total. The van der Waals surface area contributed by atoms with Crippen LogP contribution in [0.2, 0.25) is 0 Å². The summed E-state index contributed by atoms with van der Waals surface area (Å²) >= 11 is 0. The average molecular weight is 272 g/mol. The lowest BCUT2D eigenvalue weighted by Crippen LogP contribution is -2.33. The monoisotopic (exact) mass is 272 g/mol. The predicted molar refractivity (Wildman–Crippen MR) is 80.4 cm³/mol. The van der Waals surface area contributed by atoms with Crippen molar-refractivity contribution in [1.29, 1.82) is 5.26 Å². The summed E-state index contributed by atoms with van der Waals surface area (Å²) in [4.78, 5) is 0. The number of benzene rings is 1. The minimum absolute atomic E-state index is 0.109. The van der Waals surface area contributed by atoms with Gasteiger partial charge in [0.05, 0.1) is 0 Å². The fourth-order valence-corrected chi connectivity index (χ4v) is 2.93. The standard InChI is InChI=1S/C17H24N2O/c1-2-14-4-3-5-16(12-14)19-13-15-6-8-17(9-7-15)20-11-10-18/h6-9,14,16,19H,2-5,11-13H2,1H3. The minimum Gasteiger partial charge on any atom is -0.479 e. The van der Waals surface area contributed by atoms with Crippen molar-refractivity contribution in [3.05, 3.63) is 29.8 Å². The zero-order valence-electron chi connectivity index (χ0n) is 12.3. The van der Waals surface area contributed by atoms with Gasteiger partial charge in [-0.25, -0.2) is 0 Å². The highest BCUT2D eigenvalue weighted by Crippen LogP contribution is 2.26. The summed E-state index contributed by atoms with van der Waals surface area (Å²) in [5.74, 6) is 1.67. The molecule has 1 fully saturated rings. The fourth-order valence-electron chi connectivity index (χ4n) is 2.93. The largest absolute Gasteiger partial charge is 0.479 e. The SMILES string of the molecule is CCC1CCCC(NCc2ccc(OCC#N)cc2)C1. The Kier molecular flexibility index (Phi) is 5.88. The van der Waals surface area contributed by atoms with Gasteiger partial charge in [0.1, 0.15) is 11.8 Å². The van der Waals surface area contributed by atoms with E-state index in [2.05, 4.69) is 24.4 Å². The van der Waals surface area contributed by atoms with E-state index < -0.39 is 0 Å². The molecule has 0 saturated heterocycles. The second-order valence-corrected chi connectivity index (χ2v) is 5.61. The maximum Gasteiger partial charge on any atom is 0.174 e. The Morgan fingerprint density at radius 2 is 2.10 bits per heavy atom. The number of hydrogen-bond donors (Lipinski definition) is 1. The van der Waals surface area contributed by atoms with Crippen molar-refractivity contribution < 1.29 is 4.74 Å². The highest BCUT2D eigenvalue weighted by molar-refractivity contribution is 5.27. The van der Waals surface area contributed by atoms with Crippen LogP contribution in [0.1, 0.15) is 44.6 Å². The Balaban J connectivity index is 1.77. The van der Waals surface area contributed by atoms with Gasteiger partial charge < -0.3 is 10.1 Å². The number of rotatable bonds is 6. The summed E-state index contributed by atoms with van der Waals surface area (Å²) in [6.07, 6.45) is 6.69. The van der Waals surface area contributed by atoms with Gasteiger partial charge in [0, 0.05) is 12.6 Å². The van der Waals surface area contributed by atoms with Crippen molar-refractivity contribution in [2.45, 2.75) is 51.6 Å². The van der Waals surface area contributed by atoms with Gasteiger partial charge in [-0.15, -0.1) is 0 Å². The third-order valence-electron chi connectivity index (χ3n) is 4.18. The summed E-state index contributed by atoms with van der Waals surface area (Å²) in [5, 5.41) is 12.1. The van der Waals surface area contributed by atoms with Crippen molar-refractivity contribution in [1.82, 2.24) is 5.32 Å². The first kappa shape index (κ1) is 14.9. The first-order valence-corrected chi connectivity index (χ1v) is 7.64. The molecular weight excluding hydrogens is 248 g/mol. The van der Waals surface area contributed by atoms with Gasteiger partial charge in [-0.1, -0.05) is 38.3 Å². The second-order valence-electron chi connectivity index (χ2n) is 5.61. The topological polar surface area (TPSA) is 45.0 Å². The van der Waals surface area contributed by atoms with Crippen LogP contribution in [-0.4, -0.2) is 12.6 Å². The molecule has 1 aliphatic rings. The van der Waals surface area contributed by atoms with Crippen LogP contribution in [0.25, 0.3) is 0 Å². The Morgan fingerprint density at radius 1 is 1.30 bits per heavy atom. The van der Waals surface area contributed by atoms with E-state index in [1.54, 1.807) is 0 Å². The average Bonchev–Trinajstić information content (AvgIpc) is 2.52. The van der Waals surface area contributed by atoms with Crippen molar-refractivity contribution in [2.75, 3.05) is 6.61 Å². The summed E-state index contributed by atoms with van der Waals surface area (Å²) in [5.41, 5.74) is 1.27. The van der Waals surface area contributed by atoms with Gasteiger partial charge in [0.15, 0.2) is 6.61 Å². The van der Waals surface area contributed by atoms with Crippen molar-refractivity contribution in [3.8, 4) is 11.8 Å². The van der Waals surface area contributed by atoms with Crippen LogP contribution in [-0.2, 0) is 6.54 Å². The summed E-state index contributed by atoms with van der Waals surface area (Å²) in [7, 11) is 0. The summed E-state index contributed by atoms with van der Waals surface area (Å²) < 4.78 is 5.25. The fraction of sp³-hybridized carbons (Fsp3) is 0.588. The number of nitrogens with one attached hydrogen (secondary N) is 1. The molecule has 108 valence electrons. The van der Waals surface area contributed by atoms with Gasteiger partial charge in [0.2, 0.25) is 0 Å². The van der Waals surface area contributed by atoms with E-state index in [9.17, 15) is 0 Å². The van der Waals surface area contributed by atoms with E-state index in [1.807, 2.05) is 18.2 Å². The minimum atomic E-state index is 0.109. The van der Waals surface area contributed by atoms with Crippen LogP contribution < -0.4 is 10.1 Å². The Labute approximate surface area is 121 Å². The molecule has 3 heteroatoms. The molecular formula is C17H24N2O. The molecule has 2 unspecified atom stereocenters. The maximum absolute atomic E-state index is 8.47. The van der Waals surface area contributed by atoms with Gasteiger partial charge in [-0.2, -0.15) is 5.26 Å². The molecule has 2 rings (SSSR count). The molecule has 0 radical (unpaired) electrons. The quantitative estimate of drug-likeness (QED) is 0.859. The van der Waals surface area contributed by atoms with E-state index >= 15 is 0 Å².